The zero-order valence-corrected chi connectivity index (χ0v) is 17.9. The van der Waals surface area contributed by atoms with Gasteiger partial charge in [-0.1, -0.05) is 48.6 Å². The summed E-state index contributed by atoms with van der Waals surface area (Å²) in [6, 6.07) is 11.8. The molecule has 1 aromatic rings. The number of benzene rings is 1. The Bertz CT molecular complexity index is 620. The zero-order valence-electron chi connectivity index (χ0n) is 16.3. The molecule has 0 saturated heterocycles. The van der Waals surface area contributed by atoms with E-state index >= 15 is 0 Å². The van der Waals surface area contributed by atoms with Gasteiger partial charge in [0.05, 0.1) is 5.88 Å². The summed E-state index contributed by atoms with van der Waals surface area (Å²) < 4.78 is 5.89. The number of allylic oxidation sites excluding steroid dienone is 2. The highest BCUT2D eigenvalue weighted by molar-refractivity contribution is 6.18. The third-order valence-corrected chi connectivity index (χ3v) is 6.43. The largest absolute Gasteiger partial charge is 0.372 e. The molecular weight excluding hydrogens is 379 g/mol. The van der Waals surface area contributed by atoms with Crippen LogP contribution in [0.4, 0.5) is 0 Å². The fourth-order valence-corrected chi connectivity index (χ4v) is 4.52. The van der Waals surface area contributed by atoms with Gasteiger partial charge in [0.25, 0.3) is 0 Å². The molecule has 1 aromatic carbocycles. The maximum absolute atomic E-state index is 6.34. The van der Waals surface area contributed by atoms with Gasteiger partial charge in [-0.15, -0.1) is 24.0 Å². The number of ether oxygens (including phenoxy) is 1. The maximum Gasteiger partial charge on any atom is 0.107 e. The van der Waals surface area contributed by atoms with Crippen molar-refractivity contribution in [3.05, 3.63) is 54.1 Å². The van der Waals surface area contributed by atoms with E-state index in [2.05, 4.69) is 66.2 Å². The topological polar surface area (TPSA) is 33.3 Å². The molecule has 0 heterocycles. The summed E-state index contributed by atoms with van der Waals surface area (Å²) in [6.07, 6.45) is 11.6. The Labute approximate surface area is 175 Å². The lowest BCUT2D eigenvalue weighted by molar-refractivity contribution is 0.0149. The molecule has 2 unspecified atom stereocenters. The first-order chi connectivity index (χ1) is 12.7. The Morgan fingerprint density at radius 2 is 1.78 bits per heavy atom. The van der Waals surface area contributed by atoms with E-state index in [9.17, 15) is 0 Å². The summed E-state index contributed by atoms with van der Waals surface area (Å²) in [5, 5.41) is 7.19. The second-order valence-electron chi connectivity index (χ2n) is 7.47. The van der Waals surface area contributed by atoms with Crippen LogP contribution >= 0.6 is 24.0 Å². The van der Waals surface area contributed by atoms with E-state index in [0.29, 0.717) is 18.0 Å². The van der Waals surface area contributed by atoms with Crippen molar-refractivity contribution >= 4 is 29.6 Å². The zero-order chi connectivity index (χ0) is 18.4. The molecule has 3 rings (SSSR count). The van der Waals surface area contributed by atoms with Crippen LogP contribution in [0.25, 0.3) is 5.57 Å². The van der Waals surface area contributed by atoms with Crippen LogP contribution in [0.2, 0.25) is 0 Å². The number of rotatable bonds is 7. The van der Waals surface area contributed by atoms with Crippen LogP contribution in [0, 0.1) is 5.92 Å². The van der Waals surface area contributed by atoms with E-state index in [1.807, 2.05) is 0 Å². The molecule has 1 saturated carbocycles. The number of methoxy groups -OCH3 is 1. The van der Waals surface area contributed by atoms with Gasteiger partial charge >= 0.3 is 0 Å². The van der Waals surface area contributed by atoms with E-state index in [-0.39, 0.29) is 18.3 Å². The summed E-state index contributed by atoms with van der Waals surface area (Å²) in [7, 11) is 3.83. The van der Waals surface area contributed by atoms with Crippen molar-refractivity contribution in [1.82, 2.24) is 10.6 Å². The summed E-state index contributed by atoms with van der Waals surface area (Å²) in [5.41, 5.74) is 2.05. The van der Waals surface area contributed by atoms with Crippen molar-refractivity contribution in [2.24, 2.45) is 5.92 Å². The molecule has 0 radical (unpaired) electrons. The fraction of sp³-hybridized carbons (Fsp3) is 0.545. The lowest BCUT2D eigenvalue weighted by atomic mass is 9.80. The van der Waals surface area contributed by atoms with Crippen molar-refractivity contribution in [3.8, 4) is 0 Å². The fourth-order valence-electron chi connectivity index (χ4n) is 4.12. The van der Waals surface area contributed by atoms with E-state index in [1.54, 1.807) is 7.11 Å². The van der Waals surface area contributed by atoms with Crippen LogP contribution < -0.4 is 10.6 Å². The summed E-state index contributed by atoms with van der Waals surface area (Å²) >= 11 is 6.34. The molecule has 1 fully saturated rings. The normalized spacial score (nSPS) is 30.5. The van der Waals surface area contributed by atoms with Crippen LogP contribution in [0.5, 0.6) is 0 Å². The lowest BCUT2D eigenvalue weighted by Crippen LogP contribution is -2.48. The predicted molar refractivity (Wildman–Crippen MR) is 118 cm³/mol. The molecule has 2 N–H and O–H groups in total. The van der Waals surface area contributed by atoms with Gasteiger partial charge in [-0.05, 0) is 43.9 Å². The van der Waals surface area contributed by atoms with Crippen molar-refractivity contribution in [2.75, 3.05) is 26.6 Å². The molecule has 0 amide bonds. The Kier molecular flexibility index (Phi) is 8.84. The van der Waals surface area contributed by atoms with Gasteiger partial charge in [-0.2, -0.15) is 0 Å². The molecule has 2 aliphatic carbocycles. The Hall–Kier alpha value is -0.840. The van der Waals surface area contributed by atoms with Crippen LogP contribution in [0.15, 0.2) is 48.6 Å². The minimum absolute atomic E-state index is 0. The highest BCUT2D eigenvalue weighted by Crippen LogP contribution is 2.35. The number of halogens is 2. The van der Waals surface area contributed by atoms with E-state index in [1.165, 1.54) is 36.8 Å². The molecular formula is C22H32Cl2N2O. The Balaban J connectivity index is 0.00000261. The monoisotopic (exact) mass is 410 g/mol. The quantitative estimate of drug-likeness (QED) is 0.652. The predicted octanol–water partition coefficient (Wildman–Crippen LogP) is 4.42. The van der Waals surface area contributed by atoms with Gasteiger partial charge in [-0.25, -0.2) is 0 Å². The molecule has 0 aromatic heterocycles. The average Bonchev–Trinajstić information content (AvgIpc) is 2.73. The minimum Gasteiger partial charge on any atom is -0.372 e. The molecule has 2 aliphatic rings. The summed E-state index contributed by atoms with van der Waals surface area (Å²) in [6.45, 7) is 0.885. The van der Waals surface area contributed by atoms with Crippen molar-refractivity contribution < 1.29 is 4.74 Å². The summed E-state index contributed by atoms with van der Waals surface area (Å²) in [5.74, 6) is 0.671. The molecule has 5 heteroatoms. The van der Waals surface area contributed by atoms with Gasteiger partial charge < -0.3 is 15.4 Å². The lowest BCUT2D eigenvalue weighted by Gasteiger charge is -2.38. The molecule has 0 bridgehead atoms. The first-order valence-electron chi connectivity index (χ1n) is 9.69. The van der Waals surface area contributed by atoms with Crippen molar-refractivity contribution in [3.63, 3.8) is 0 Å². The van der Waals surface area contributed by atoms with Crippen LogP contribution in [-0.2, 0) is 4.74 Å². The van der Waals surface area contributed by atoms with E-state index < -0.39 is 5.60 Å². The number of hydrogen-bond donors (Lipinski definition) is 2. The minimum atomic E-state index is -0.436. The van der Waals surface area contributed by atoms with Crippen LogP contribution in [0.3, 0.4) is 0 Å². The Morgan fingerprint density at radius 1 is 1.11 bits per heavy atom. The molecule has 0 aliphatic heterocycles. The van der Waals surface area contributed by atoms with Gasteiger partial charge in [-0.3, -0.25) is 0 Å². The first-order valence-corrected chi connectivity index (χ1v) is 10.2. The van der Waals surface area contributed by atoms with Gasteiger partial charge in [0.1, 0.15) is 5.60 Å². The summed E-state index contributed by atoms with van der Waals surface area (Å²) in [4.78, 5) is 0. The number of nitrogens with one attached hydrogen (secondary N) is 2. The first kappa shape index (κ1) is 22.4. The highest BCUT2D eigenvalue weighted by atomic mass is 35.5. The van der Waals surface area contributed by atoms with Gasteiger partial charge in [0, 0.05) is 31.7 Å². The van der Waals surface area contributed by atoms with Crippen LogP contribution in [-0.4, -0.2) is 44.3 Å². The van der Waals surface area contributed by atoms with Crippen molar-refractivity contribution in [2.45, 2.75) is 43.4 Å². The second kappa shape index (κ2) is 10.6. The highest BCUT2D eigenvalue weighted by Gasteiger charge is 2.37. The number of alkyl halides is 1. The molecule has 2 atom stereocenters. The standard InChI is InChI=1S/C22H31ClN2O.ClH/c1-24-20-8-10-21(11-9-20)25-15-19-14-18(17-6-4-3-5-7-17)12-13-22(19,16-23)26-2;/h3-7,12-14,19-21,24-25H,8-11,15-16H2,1-2H3;1H. The van der Waals surface area contributed by atoms with Crippen molar-refractivity contribution in [1.29, 1.82) is 0 Å². The molecule has 0 spiro atoms. The van der Waals surface area contributed by atoms with Crippen LogP contribution in [0.1, 0.15) is 31.2 Å². The van der Waals surface area contributed by atoms with Gasteiger partial charge in [0.15, 0.2) is 0 Å². The third kappa shape index (κ3) is 5.36. The molecule has 150 valence electrons. The maximum atomic E-state index is 6.34. The van der Waals surface area contributed by atoms with E-state index in [4.69, 9.17) is 16.3 Å². The third-order valence-electron chi connectivity index (χ3n) is 6.01. The average molecular weight is 411 g/mol. The van der Waals surface area contributed by atoms with Gasteiger partial charge in [0.2, 0.25) is 0 Å². The van der Waals surface area contributed by atoms with E-state index in [0.717, 1.165) is 6.54 Å². The smallest absolute Gasteiger partial charge is 0.107 e. The SMILES string of the molecule is CNC1CCC(NCC2C=C(c3ccccc3)C=CC2(CCl)OC)CC1.Cl. The second-order valence-corrected chi connectivity index (χ2v) is 7.73. The Morgan fingerprint density at radius 3 is 2.37 bits per heavy atom. The number of hydrogen-bond acceptors (Lipinski definition) is 3. The molecule has 3 nitrogen and oxygen atoms in total. The molecule has 27 heavy (non-hydrogen) atoms.